The maximum atomic E-state index is 10.5. The van der Waals surface area contributed by atoms with Crippen LogP contribution in [-0.2, 0) is 6.54 Å². The molecule has 1 aromatic heterocycles. The number of aromatic nitrogens is 1. The van der Waals surface area contributed by atoms with Gasteiger partial charge >= 0.3 is 0 Å². The van der Waals surface area contributed by atoms with Crippen molar-refractivity contribution in [2.24, 2.45) is 0 Å². The number of ether oxygens (including phenoxy) is 1. The van der Waals surface area contributed by atoms with Crippen LogP contribution in [0.4, 0.5) is 0 Å². The first-order valence-corrected chi connectivity index (χ1v) is 7.25. The molecule has 0 bridgehead atoms. The van der Waals surface area contributed by atoms with Gasteiger partial charge in [0.25, 0.3) is 0 Å². The molecule has 2 heterocycles. The lowest BCUT2D eigenvalue weighted by molar-refractivity contribution is 0.0212. The summed E-state index contributed by atoms with van der Waals surface area (Å²) in [5, 5.41) is 19.4. The molecule has 2 aromatic rings. The molecule has 5 heteroatoms. The largest absolute Gasteiger partial charge is 0.495 e. The van der Waals surface area contributed by atoms with Crippen molar-refractivity contribution in [3.05, 3.63) is 59.9 Å². The summed E-state index contributed by atoms with van der Waals surface area (Å²) in [4.78, 5) is 6.03. The number of nitrogens with zero attached hydrogens (tertiary/aromatic N) is 3. The highest BCUT2D eigenvalue weighted by atomic mass is 16.5. The Hall–Kier alpha value is -2.68. The number of aliphatic hydroxyl groups is 1. The third kappa shape index (κ3) is 2.82. The summed E-state index contributed by atoms with van der Waals surface area (Å²) < 4.78 is 5.24. The van der Waals surface area contributed by atoms with Crippen molar-refractivity contribution in [2.75, 3.05) is 13.7 Å². The quantitative estimate of drug-likeness (QED) is 0.879. The minimum atomic E-state index is -0.728. The zero-order valence-corrected chi connectivity index (χ0v) is 12.9. The van der Waals surface area contributed by atoms with E-state index in [2.05, 4.69) is 11.6 Å². The lowest BCUT2D eigenvalue weighted by Crippen LogP contribution is -2.23. The van der Waals surface area contributed by atoms with Crippen LogP contribution in [-0.4, -0.2) is 28.6 Å². The summed E-state index contributed by atoms with van der Waals surface area (Å²) in [7, 11) is 1.61. The molecule has 1 aromatic carbocycles. The summed E-state index contributed by atoms with van der Waals surface area (Å²) in [5.41, 5.74) is 4.28. The first-order valence-electron chi connectivity index (χ1n) is 7.25. The number of methoxy groups -OCH3 is 1. The molecule has 1 N–H and O–H groups in total. The van der Waals surface area contributed by atoms with Gasteiger partial charge in [-0.25, -0.2) is 0 Å². The molecule has 0 fully saturated rings. The van der Waals surface area contributed by atoms with Crippen LogP contribution in [0.2, 0.25) is 0 Å². The van der Waals surface area contributed by atoms with E-state index in [9.17, 15) is 5.11 Å². The number of fused-ring (bicyclic) bond motifs is 1. The van der Waals surface area contributed by atoms with Gasteiger partial charge in [0.1, 0.15) is 12.0 Å². The van der Waals surface area contributed by atoms with Crippen molar-refractivity contribution >= 4 is 0 Å². The van der Waals surface area contributed by atoms with Gasteiger partial charge in [-0.05, 0) is 17.2 Å². The van der Waals surface area contributed by atoms with E-state index in [1.807, 2.05) is 35.2 Å². The first kappa shape index (κ1) is 15.2. The van der Waals surface area contributed by atoms with E-state index in [4.69, 9.17) is 10.00 Å². The molecule has 116 valence electrons. The second kappa shape index (κ2) is 6.21. The molecular weight excluding hydrogens is 290 g/mol. The Bertz CT molecular complexity index is 795. The predicted octanol–water partition coefficient (Wildman–Crippen LogP) is 2.64. The Morgan fingerprint density at radius 2 is 2.35 bits per heavy atom. The van der Waals surface area contributed by atoms with Gasteiger partial charge in [-0.3, -0.25) is 9.88 Å². The molecule has 0 spiro atoms. The van der Waals surface area contributed by atoms with Crippen LogP contribution >= 0.6 is 0 Å². The zero-order chi connectivity index (χ0) is 16.4. The highest BCUT2D eigenvalue weighted by molar-refractivity contribution is 5.70. The van der Waals surface area contributed by atoms with E-state index in [1.54, 1.807) is 19.5 Å². The van der Waals surface area contributed by atoms with Crippen LogP contribution in [0.15, 0.2) is 48.8 Å². The number of hydrogen-bond acceptors (Lipinski definition) is 5. The van der Waals surface area contributed by atoms with Gasteiger partial charge < -0.3 is 9.84 Å². The number of nitriles is 1. The molecule has 23 heavy (non-hydrogen) atoms. The monoisotopic (exact) mass is 307 g/mol. The van der Waals surface area contributed by atoms with Gasteiger partial charge in [-0.1, -0.05) is 24.8 Å². The minimum absolute atomic E-state index is 0.349. The van der Waals surface area contributed by atoms with E-state index in [0.29, 0.717) is 24.4 Å². The maximum Gasteiger partial charge on any atom is 0.137 e. The van der Waals surface area contributed by atoms with Gasteiger partial charge in [0.2, 0.25) is 0 Å². The molecule has 1 unspecified atom stereocenters. The molecular formula is C18H17N3O2. The Balaban J connectivity index is 1.99. The second-order valence-electron chi connectivity index (χ2n) is 5.48. The standard InChI is InChI=1S/C18H17N3O2/c1-12(7-19)10-21-11-17-15(4-3-5-16(17)18(21)22)13-6-14(23-2)9-20-8-13/h3-6,8-9,18,22H,1,10-11H2,2H3. The fraction of sp³-hybridized carbons (Fsp3) is 0.222. The Morgan fingerprint density at radius 1 is 1.52 bits per heavy atom. The lowest BCUT2D eigenvalue weighted by Gasteiger charge is -2.19. The Labute approximate surface area is 135 Å². The average molecular weight is 307 g/mol. The molecule has 0 saturated heterocycles. The normalized spacial score (nSPS) is 16.7. The highest BCUT2D eigenvalue weighted by Gasteiger charge is 2.30. The zero-order valence-electron chi connectivity index (χ0n) is 12.9. The molecule has 1 atom stereocenters. The van der Waals surface area contributed by atoms with Crippen molar-refractivity contribution < 1.29 is 9.84 Å². The third-order valence-corrected chi connectivity index (χ3v) is 4.01. The smallest absolute Gasteiger partial charge is 0.137 e. The van der Waals surface area contributed by atoms with Crippen LogP contribution in [0, 0.1) is 11.3 Å². The highest BCUT2D eigenvalue weighted by Crippen LogP contribution is 2.38. The van der Waals surface area contributed by atoms with Gasteiger partial charge in [0, 0.05) is 36.0 Å². The van der Waals surface area contributed by atoms with Gasteiger partial charge in [-0.15, -0.1) is 0 Å². The average Bonchev–Trinajstić information content (AvgIpc) is 2.91. The SMILES string of the molecule is C=C(C#N)CN1Cc2c(-c3cncc(OC)c3)cccc2C1O. The second-order valence-corrected chi connectivity index (χ2v) is 5.48. The summed E-state index contributed by atoms with van der Waals surface area (Å²) in [6.07, 6.45) is 2.71. The molecule has 0 aliphatic carbocycles. The topological polar surface area (TPSA) is 69.4 Å². The first-order chi connectivity index (χ1) is 11.1. The van der Waals surface area contributed by atoms with Crippen LogP contribution in [0.1, 0.15) is 17.4 Å². The molecule has 1 aliphatic rings. The number of aliphatic hydroxyl groups excluding tert-OH is 1. The van der Waals surface area contributed by atoms with Crippen molar-refractivity contribution in [2.45, 2.75) is 12.8 Å². The summed E-state index contributed by atoms with van der Waals surface area (Å²) in [6, 6.07) is 9.78. The van der Waals surface area contributed by atoms with E-state index in [-0.39, 0.29) is 0 Å². The van der Waals surface area contributed by atoms with E-state index in [1.165, 1.54) is 0 Å². The lowest BCUT2D eigenvalue weighted by atomic mass is 9.98. The van der Waals surface area contributed by atoms with Crippen molar-refractivity contribution in [3.63, 3.8) is 0 Å². The van der Waals surface area contributed by atoms with Gasteiger partial charge in [0.15, 0.2) is 0 Å². The molecule has 3 rings (SSSR count). The fourth-order valence-corrected chi connectivity index (χ4v) is 2.88. The molecule has 0 radical (unpaired) electrons. The summed E-state index contributed by atoms with van der Waals surface area (Å²) in [5.74, 6) is 0.688. The summed E-state index contributed by atoms with van der Waals surface area (Å²) in [6.45, 7) is 4.61. The van der Waals surface area contributed by atoms with Crippen LogP contribution in [0.5, 0.6) is 5.75 Å². The molecule has 1 aliphatic heterocycles. The van der Waals surface area contributed by atoms with E-state index < -0.39 is 6.23 Å². The summed E-state index contributed by atoms with van der Waals surface area (Å²) >= 11 is 0. The fourth-order valence-electron chi connectivity index (χ4n) is 2.88. The predicted molar refractivity (Wildman–Crippen MR) is 86.3 cm³/mol. The molecule has 0 saturated carbocycles. The molecule has 0 amide bonds. The third-order valence-electron chi connectivity index (χ3n) is 4.01. The van der Waals surface area contributed by atoms with E-state index >= 15 is 0 Å². The van der Waals surface area contributed by atoms with Crippen LogP contribution < -0.4 is 4.74 Å². The van der Waals surface area contributed by atoms with Crippen LogP contribution in [0.25, 0.3) is 11.1 Å². The van der Waals surface area contributed by atoms with Crippen molar-refractivity contribution in [1.29, 1.82) is 5.26 Å². The van der Waals surface area contributed by atoms with Crippen molar-refractivity contribution in [3.8, 4) is 22.9 Å². The number of pyridine rings is 1. The Kier molecular flexibility index (Phi) is 4.11. The van der Waals surface area contributed by atoms with Gasteiger partial charge in [0.05, 0.1) is 19.4 Å². The minimum Gasteiger partial charge on any atom is -0.495 e. The van der Waals surface area contributed by atoms with Crippen LogP contribution in [0.3, 0.4) is 0 Å². The van der Waals surface area contributed by atoms with E-state index in [0.717, 1.165) is 22.3 Å². The number of rotatable bonds is 4. The number of hydrogen-bond donors (Lipinski definition) is 1. The Morgan fingerprint density at radius 3 is 3.09 bits per heavy atom. The molecule has 5 nitrogen and oxygen atoms in total. The number of benzene rings is 1. The maximum absolute atomic E-state index is 10.5. The van der Waals surface area contributed by atoms with Gasteiger partial charge in [-0.2, -0.15) is 5.26 Å². The van der Waals surface area contributed by atoms with Crippen molar-refractivity contribution in [1.82, 2.24) is 9.88 Å².